The molecule has 0 saturated heterocycles. The molecule has 1 aliphatic carbocycles. The van der Waals surface area contributed by atoms with E-state index in [1.165, 1.54) is 0 Å². The first-order chi connectivity index (χ1) is 9.12. The van der Waals surface area contributed by atoms with Crippen LogP contribution in [0.2, 0.25) is 0 Å². The van der Waals surface area contributed by atoms with Crippen molar-refractivity contribution in [1.29, 1.82) is 5.26 Å². The van der Waals surface area contributed by atoms with Crippen molar-refractivity contribution < 1.29 is 4.79 Å². The van der Waals surface area contributed by atoms with Crippen LogP contribution in [0.4, 0.5) is 5.82 Å². The van der Waals surface area contributed by atoms with Gasteiger partial charge in [0.2, 0.25) is 5.91 Å². The third kappa shape index (κ3) is 2.04. The summed E-state index contributed by atoms with van der Waals surface area (Å²) in [6.45, 7) is 1.93. The van der Waals surface area contributed by atoms with Crippen molar-refractivity contribution in [3.63, 3.8) is 0 Å². The molecule has 2 aromatic rings. The number of fused-ring (bicyclic) bond motifs is 1. The van der Waals surface area contributed by atoms with Crippen molar-refractivity contribution in [2.24, 2.45) is 5.41 Å². The Hall–Kier alpha value is -2.41. The summed E-state index contributed by atoms with van der Waals surface area (Å²) in [5, 5.41) is 12.8. The summed E-state index contributed by atoms with van der Waals surface area (Å²) in [7, 11) is 0. The van der Waals surface area contributed by atoms with Crippen LogP contribution in [0.3, 0.4) is 0 Å². The molecule has 0 spiro atoms. The zero-order valence-corrected chi connectivity index (χ0v) is 10.6. The molecule has 1 saturated carbocycles. The molecule has 0 bridgehead atoms. The topological polar surface area (TPSA) is 65.8 Å². The summed E-state index contributed by atoms with van der Waals surface area (Å²) in [5.74, 6) is 0.311. The van der Waals surface area contributed by atoms with Gasteiger partial charge in [-0.15, -0.1) is 0 Å². The summed E-state index contributed by atoms with van der Waals surface area (Å²) < 4.78 is 0. The van der Waals surface area contributed by atoms with Gasteiger partial charge in [-0.3, -0.25) is 4.79 Å². The molecule has 1 N–H and O–H groups in total. The van der Waals surface area contributed by atoms with Crippen LogP contribution in [0.5, 0.6) is 0 Å². The second kappa shape index (κ2) is 4.06. The molecule has 1 heterocycles. The van der Waals surface area contributed by atoms with Crippen molar-refractivity contribution in [2.45, 2.75) is 19.8 Å². The third-order valence-corrected chi connectivity index (χ3v) is 3.62. The Morgan fingerprint density at radius 1 is 1.42 bits per heavy atom. The van der Waals surface area contributed by atoms with Crippen molar-refractivity contribution in [3.05, 3.63) is 35.9 Å². The van der Waals surface area contributed by atoms with Crippen molar-refractivity contribution in [3.8, 4) is 6.07 Å². The van der Waals surface area contributed by atoms with Gasteiger partial charge in [0.15, 0.2) is 5.82 Å². The number of pyridine rings is 1. The Balaban J connectivity index is 2.02. The van der Waals surface area contributed by atoms with Gasteiger partial charge < -0.3 is 5.32 Å². The van der Waals surface area contributed by atoms with E-state index < -0.39 is 0 Å². The van der Waals surface area contributed by atoms with Gasteiger partial charge in [0.25, 0.3) is 0 Å². The molecule has 0 atom stereocenters. The second-order valence-electron chi connectivity index (χ2n) is 5.20. The number of aromatic nitrogens is 1. The zero-order chi connectivity index (χ0) is 13.5. The maximum Gasteiger partial charge on any atom is 0.231 e. The fourth-order valence-electron chi connectivity index (χ4n) is 1.97. The first kappa shape index (κ1) is 11.7. The molecule has 0 aliphatic heterocycles. The number of hydrogen-bond acceptors (Lipinski definition) is 3. The first-order valence-electron chi connectivity index (χ1n) is 6.24. The van der Waals surface area contributed by atoms with Gasteiger partial charge in [0.1, 0.15) is 6.07 Å². The minimum absolute atomic E-state index is 0.0493. The fourth-order valence-corrected chi connectivity index (χ4v) is 1.97. The highest BCUT2D eigenvalue weighted by atomic mass is 16.2. The van der Waals surface area contributed by atoms with Crippen LogP contribution in [0.1, 0.15) is 25.3 Å². The largest absolute Gasteiger partial charge is 0.309 e. The predicted octanol–water partition coefficient (Wildman–Crippen LogP) is 2.85. The van der Waals surface area contributed by atoms with E-state index >= 15 is 0 Å². The van der Waals surface area contributed by atoms with E-state index in [0.717, 1.165) is 23.7 Å². The summed E-state index contributed by atoms with van der Waals surface area (Å²) in [4.78, 5) is 16.4. The highest BCUT2D eigenvalue weighted by molar-refractivity contribution is 5.98. The molecule has 19 heavy (non-hydrogen) atoms. The number of nitrogens with zero attached hydrogens (tertiary/aromatic N) is 2. The second-order valence-corrected chi connectivity index (χ2v) is 5.20. The Kier molecular flexibility index (Phi) is 2.49. The molecule has 4 nitrogen and oxygen atoms in total. The van der Waals surface area contributed by atoms with E-state index in [1.54, 1.807) is 6.07 Å². The van der Waals surface area contributed by atoms with Crippen LogP contribution >= 0.6 is 0 Å². The minimum Gasteiger partial charge on any atom is -0.309 e. The standard InChI is InChI=1S/C15H13N3O/c1-15(6-7-15)14(19)18-13-11(9-16)8-10-4-2-3-5-12(10)17-13/h2-5,8H,6-7H2,1H3,(H,17,18,19). The van der Waals surface area contributed by atoms with Gasteiger partial charge in [-0.25, -0.2) is 4.98 Å². The van der Waals surface area contributed by atoms with E-state index in [-0.39, 0.29) is 11.3 Å². The van der Waals surface area contributed by atoms with E-state index in [0.29, 0.717) is 11.4 Å². The Morgan fingerprint density at radius 3 is 2.84 bits per heavy atom. The number of para-hydroxylation sites is 1. The molecule has 4 heteroatoms. The highest BCUT2D eigenvalue weighted by Gasteiger charge is 2.45. The first-order valence-corrected chi connectivity index (χ1v) is 6.24. The van der Waals surface area contributed by atoms with E-state index in [9.17, 15) is 4.79 Å². The molecule has 94 valence electrons. The van der Waals surface area contributed by atoms with Gasteiger partial charge in [-0.2, -0.15) is 5.26 Å². The van der Waals surface area contributed by atoms with Gasteiger partial charge in [-0.05, 0) is 25.0 Å². The number of benzene rings is 1. The monoisotopic (exact) mass is 251 g/mol. The lowest BCUT2D eigenvalue weighted by Gasteiger charge is -2.11. The lowest BCUT2D eigenvalue weighted by molar-refractivity contribution is -0.120. The zero-order valence-electron chi connectivity index (χ0n) is 10.6. The molecule has 0 unspecified atom stereocenters. The maximum atomic E-state index is 12.0. The number of carbonyl (C=O) groups is 1. The number of rotatable bonds is 2. The average Bonchev–Trinajstić information content (AvgIpc) is 3.17. The highest BCUT2D eigenvalue weighted by Crippen LogP contribution is 2.45. The summed E-state index contributed by atoms with van der Waals surface area (Å²) >= 11 is 0. The molecule has 3 rings (SSSR count). The number of nitriles is 1. The molecule has 0 radical (unpaired) electrons. The van der Waals surface area contributed by atoms with Crippen LogP contribution < -0.4 is 5.32 Å². The van der Waals surface area contributed by atoms with Gasteiger partial charge in [0.05, 0.1) is 11.1 Å². The minimum atomic E-state index is -0.278. The van der Waals surface area contributed by atoms with Crippen LogP contribution in [-0.4, -0.2) is 10.9 Å². The van der Waals surface area contributed by atoms with Crippen LogP contribution in [0.25, 0.3) is 10.9 Å². The summed E-state index contributed by atoms with van der Waals surface area (Å²) in [5.41, 5.74) is 0.897. The fraction of sp³-hybridized carbons (Fsp3) is 0.267. The van der Waals surface area contributed by atoms with E-state index in [2.05, 4.69) is 16.4 Å². The van der Waals surface area contributed by atoms with E-state index in [4.69, 9.17) is 5.26 Å². The maximum absolute atomic E-state index is 12.0. The van der Waals surface area contributed by atoms with E-state index in [1.807, 2.05) is 31.2 Å². The SMILES string of the molecule is CC1(C(=O)Nc2nc3ccccc3cc2C#N)CC1. The van der Waals surface area contributed by atoms with Crippen molar-refractivity contribution >= 4 is 22.6 Å². The van der Waals surface area contributed by atoms with Gasteiger partial charge in [0, 0.05) is 10.8 Å². The number of carbonyl (C=O) groups excluding carboxylic acids is 1. The van der Waals surface area contributed by atoms with Crippen LogP contribution in [0, 0.1) is 16.7 Å². The smallest absolute Gasteiger partial charge is 0.231 e. The van der Waals surface area contributed by atoms with Gasteiger partial charge in [-0.1, -0.05) is 25.1 Å². The molecular weight excluding hydrogens is 238 g/mol. The lowest BCUT2D eigenvalue weighted by Crippen LogP contribution is -2.22. The number of amides is 1. The molecule has 1 aliphatic rings. The average molecular weight is 251 g/mol. The molecule has 1 fully saturated rings. The normalized spacial score (nSPS) is 15.8. The Morgan fingerprint density at radius 2 is 2.16 bits per heavy atom. The Bertz CT molecular complexity index is 711. The quantitative estimate of drug-likeness (QED) is 0.892. The number of nitrogens with one attached hydrogen (secondary N) is 1. The molecule has 1 aromatic heterocycles. The van der Waals surface area contributed by atoms with Gasteiger partial charge >= 0.3 is 0 Å². The predicted molar refractivity (Wildman–Crippen MR) is 72.4 cm³/mol. The van der Waals surface area contributed by atoms with Crippen LogP contribution in [-0.2, 0) is 4.79 Å². The third-order valence-electron chi connectivity index (χ3n) is 3.62. The number of anilines is 1. The molecule has 1 amide bonds. The lowest BCUT2D eigenvalue weighted by atomic mass is 10.1. The van der Waals surface area contributed by atoms with Crippen molar-refractivity contribution in [1.82, 2.24) is 4.98 Å². The summed E-state index contributed by atoms with van der Waals surface area (Å²) in [6, 6.07) is 11.4. The number of hydrogen-bond donors (Lipinski definition) is 1. The van der Waals surface area contributed by atoms with Crippen LogP contribution in [0.15, 0.2) is 30.3 Å². The van der Waals surface area contributed by atoms with Crippen molar-refractivity contribution in [2.75, 3.05) is 5.32 Å². The Labute approximate surface area is 111 Å². The summed E-state index contributed by atoms with van der Waals surface area (Å²) in [6.07, 6.45) is 1.79. The molecule has 1 aromatic carbocycles. The molecular formula is C15H13N3O.